The topological polar surface area (TPSA) is 40.5 Å². The normalized spacial score (nSPS) is 17.3. The van der Waals surface area contributed by atoms with E-state index in [0.717, 1.165) is 18.4 Å². The van der Waals surface area contributed by atoms with E-state index in [1.807, 2.05) is 25.1 Å². The molecule has 3 heteroatoms. The second-order valence-electron chi connectivity index (χ2n) is 6.32. The summed E-state index contributed by atoms with van der Waals surface area (Å²) < 4.78 is 0. The number of carbonyl (C=O) groups excluding carboxylic acids is 1. The summed E-state index contributed by atoms with van der Waals surface area (Å²) in [6.07, 6.45) is 5.13. The van der Waals surface area contributed by atoms with Crippen LogP contribution in [0.5, 0.6) is 0 Å². The summed E-state index contributed by atoms with van der Waals surface area (Å²) >= 11 is 0. The fourth-order valence-electron chi connectivity index (χ4n) is 2.71. The molecule has 0 saturated carbocycles. The Morgan fingerprint density at radius 2 is 1.95 bits per heavy atom. The standard InChI is InChI=1S/C18H25NO2/c1-4-11-18(21)12-19(13-18)17(20)10-7-15-5-8-16(9-6-15)14(2)3/h5-10,14,21H,4,11-13H2,1-3H3. The highest BCUT2D eigenvalue weighted by molar-refractivity contribution is 5.92. The fourth-order valence-corrected chi connectivity index (χ4v) is 2.71. The predicted molar refractivity (Wildman–Crippen MR) is 86.0 cm³/mol. The largest absolute Gasteiger partial charge is 0.386 e. The molecule has 0 radical (unpaired) electrons. The van der Waals surface area contributed by atoms with E-state index in [-0.39, 0.29) is 5.91 Å². The Morgan fingerprint density at radius 1 is 1.33 bits per heavy atom. The maximum absolute atomic E-state index is 12.0. The molecule has 1 aliphatic heterocycles. The van der Waals surface area contributed by atoms with Gasteiger partial charge in [0.2, 0.25) is 5.91 Å². The molecule has 0 bridgehead atoms. The van der Waals surface area contributed by atoms with Gasteiger partial charge >= 0.3 is 0 Å². The maximum Gasteiger partial charge on any atom is 0.246 e. The third-order valence-electron chi connectivity index (χ3n) is 4.02. The van der Waals surface area contributed by atoms with E-state index in [2.05, 4.69) is 26.0 Å². The number of hydrogen-bond acceptors (Lipinski definition) is 2. The first-order valence-electron chi connectivity index (χ1n) is 7.73. The van der Waals surface area contributed by atoms with Gasteiger partial charge in [-0.25, -0.2) is 0 Å². The van der Waals surface area contributed by atoms with Crippen molar-refractivity contribution in [1.82, 2.24) is 4.90 Å². The molecule has 1 saturated heterocycles. The molecular weight excluding hydrogens is 262 g/mol. The maximum atomic E-state index is 12.0. The highest BCUT2D eigenvalue weighted by atomic mass is 16.3. The lowest BCUT2D eigenvalue weighted by molar-refractivity contribution is -0.151. The number of rotatable bonds is 5. The van der Waals surface area contributed by atoms with Crippen molar-refractivity contribution in [2.24, 2.45) is 0 Å². The van der Waals surface area contributed by atoms with E-state index in [0.29, 0.717) is 19.0 Å². The zero-order valence-corrected chi connectivity index (χ0v) is 13.2. The molecule has 0 aromatic heterocycles. The van der Waals surface area contributed by atoms with Gasteiger partial charge in [-0.1, -0.05) is 51.5 Å². The first kappa shape index (κ1) is 15.8. The van der Waals surface area contributed by atoms with Gasteiger partial charge in [0.25, 0.3) is 0 Å². The molecule has 1 heterocycles. The molecule has 0 unspecified atom stereocenters. The van der Waals surface area contributed by atoms with Gasteiger partial charge in [0, 0.05) is 6.08 Å². The van der Waals surface area contributed by atoms with Crippen LogP contribution in [0.1, 0.15) is 50.7 Å². The Bertz CT molecular complexity index is 511. The van der Waals surface area contributed by atoms with Crippen LogP contribution in [0.15, 0.2) is 30.3 Å². The second kappa shape index (κ2) is 6.44. The number of carbonyl (C=O) groups is 1. The van der Waals surface area contributed by atoms with E-state index in [9.17, 15) is 9.90 Å². The predicted octanol–water partition coefficient (Wildman–Crippen LogP) is 3.20. The summed E-state index contributed by atoms with van der Waals surface area (Å²) in [4.78, 5) is 13.7. The molecule has 1 fully saturated rings. The molecule has 1 aromatic rings. The molecule has 0 spiro atoms. The van der Waals surface area contributed by atoms with E-state index in [1.54, 1.807) is 11.0 Å². The Morgan fingerprint density at radius 3 is 2.48 bits per heavy atom. The third-order valence-corrected chi connectivity index (χ3v) is 4.02. The average molecular weight is 287 g/mol. The summed E-state index contributed by atoms with van der Waals surface area (Å²) in [5, 5.41) is 10.1. The van der Waals surface area contributed by atoms with Crippen molar-refractivity contribution in [1.29, 1.82) is 0 Å². The summed E-state index contributed by atoms with van der Waals surface area (Å²) in [7, 11) is 0. The molecule has 1 amide bonds. The molecule has 0 atom stereocenters. The Kier molecular flexibility index (Phi) is 4.84. The van der Waals surface area contributed by atoms with Crippen molar-refractivity contribution < 1.29 is 9.90 Å². The summed E-state index contributed by atoms with van der Waals surface area (Å²) in [5.74, 6) is 0.491. The second-order valence-corrected chi connectivity index (χ2v) is 6.32. The number of nitrogens with zero attached hydrogens (tertiary/aromatic N) is 1. The number of hydrogen-bond donors (Lipinski definition) is 1. The van der Waals surface area contributed by atoms with Crippen LogP contribution in [0.3, 0.4) is 0 Å². The van der Waals surface area contributed by atoms with Crippen molar-refractivity contribution in [3.05, 3.63) is 41.5 Å². The zero-order valence-electron chi connectivity index (χ0n) is 13.2. The average Bonchev–Trinajstić information content (AvgIpc) is 2.42. The van der Waals surface area contributed by atoms with Crippen LogP contribution < -0.4 is 0 Å². The lowest BCUT2D eigenvalue weighted by Crippen LogP contribution is -2.63. The molecule has 1 aromatic carbocycles. The van der Waals surface area contributed by atoms with Gasteiger partial charge in [0.1, 0.15) is 0 Å². The number of β-amino-alcohol motifs (C(OH)–C–C–N with tert-alkyl or cyclic N) is 1. The van der Waals surface area contributed by atoms with Gasteiger partial charge in [-0.3, -0.25) is 4.79 Å². The Labute approximate surface area is 127 Å². The monoisotopic (exact) mass is 287 g/mol. The van der Waals surface area contributed by atoms with Crippen LogP contribution in [-0.2, 0) is 4.79 Å². The highest BCUT2D eigenvalue weighted by Gasteiger charge is 2.41. The fraction of sp³-hybridized carbons (Fsp3) is 0.500. The molecule has 1 N–H and O–H groups in total. The van der Waals surface area contributed by atoms with Crippen LogP contribution in [0.4, 0.5) is 0 Å². The molecule has 3 nitrogen and oxygen atoms in total. The molecular formula is C18H25NO2. The van der Waals surface area contributed by atoms with E-state index >= 15 is 0 Å². The van der Waals surface area contributed by atoms with Crippen LogP contribution in [0, 0.1) is 0 Å². The Hall–Kier alpha value is -1.61. The van der Waals surface area contributed by atoms with Gasteiger partial charge in [-0.05, 0) is 29.5 Å². The minimum atomic E-state index is -0.656. The first-order valence-corrected chi connectivity index (χ1v) is 7.73. The molecule has 0 aliphatic carbocycles. The van der Waals surface area contributed by atoms with E-state index < -0.39 is 5.60 Å². The number of benzene rings is 1. The molecule has 114 valence electrons. The van der Waals surface area contributed by atoms with Crippen molar-refractivity contribution in [2.75, 3.05) is 13.1 Å². The van der Waals surface area contributed by atoms with Gasteiger partial charge in [0.05, 0.1) is 18.7 Å². The van der Waals surface area contributed by atoms with Crippen molar-refractivity contribution in [2.45, 2.75) is 45.1 Å². The lowest BCUT2D eigenvalue weighted by Gasteiger charge is -2.46. The van der Waals surface area contributed by atoms with Gasteiger partial charge in [-0.2, -0.15) is 0 Å². The van der Waals surface area contributed by atoms with Crippen LogP contribution in [-0.4, -0.2) is 34.6 Å². The van der Waals surface area contributed by atoms with Crippen molar-refractivity contribution in [3.8, 4) is 0 Å². The summed E-state index contributed by atoms with van der Waals surface area (Å²) in [6, 6.07) is 8.25. The molecule has 2 rings (SSSR count). The van der Waals surface area contributed by atoms with E-state index in [4.69, 9.17) is 0 Å². The van der Waals surface area contributed by atoms with Crippen molar-refractivity contribution in [3.63, 3.8) is 0 Å². The Balaban J connectivity index is 1.88. The molecule has 1 aliphatic rings. The minimum Gasteiger partial charge on any atom is -0.386 e. The number of amides is 1. The SMILES string of the molecule is CCCC1(O)CN(C(=O)C=Cc2ccc(C(C)C)cc2)C1. The third kappa shape index (κ3) is 3.94. The smallest absolute Gasteiger partial charge is 0.246 e. The first-order chi connectivity index (χ1) is 9.93. The van der Waals surface area contributed by atoms with Crippen molar-refractivity contribution >= 4 is 12.0 Å². The van der Waals surface area contributed by atoms with Gasteiger partial charge in [-0.15, -0.1) is 0 Å². The van der Waals surface area contributed by atoms with Gasteiger partial charge < -0.3 is 10.0 Å². The summed E-state index contributed by atoms with van der Waals surface area (Å²) in [5.41, 5.74) is 1.67. The van der Waals surface area contributed by atoms with Crippen LogP contribution in [0.25, 0.3) is 6.08 Å². The van der Waals surface area contributed by atoms with Crippen LogP contribution >= 0.6 is 0 Å². The van der Waals surface area contributed by atoms with Gasteiger partial charge in [0.15, 0.2) is 0 Å². The zero-order chi connectivity index (χ0) is 15.5. The minimum absolute atomic E-state index is 0.0243. The number of likely N-dealkylation sites (tertiary alicyclic amines) is 1. The summed E-state index contributed by atoms with van der Waals surface area (Å²) in [6.45, 7) is 7.28. The number of aliphatic hydroxyl groups is 1. The quantitative estimate of drug-likeness (QED) is 0.845. The lowest BCUT2D eigenvalue weighted by atomic mass is 9.89. The van der Waals surface area contributed by atoms with Crippen LogP contribution in [0.2, 0.25) is 0 Å². The highest BCUT2D eigenvalue weighted by Crippen LogP contribution is 2.26. The molecule has 21 heavy (non-hydrogen) atoms. The van der Waals surface area contributed by atoms with E-state index in [1.165, 1.54) is 5.56 Å².